The Morgan fingerprint density at radius 3 is 2.66 bits per heavy atom. The van der Waals surface area contributed by atoms with Crippen LogP contribution in [0.5, 0.6) is 0 Å². The van der Waals surface area contributed by atoms with Gasteiger partial charge in [-0.3, -0.25) is 9.97 Å². The molecule has 0 saturated heterocycles. The molecule has 0 aliphatic heterocycles. The van der Waals surface area contributed by atoms with Crippen LogP contribution in [0.25, 0.3) is 27.2 Å². The van der Waals surface area contributed by atoms with Crippen molar-refractivity contribution >= 4 is 39.7 Å². The molecule has 32 heavy (non-hydrogen) atoms. The molecule has 1 fully saturated rings. The summed E-state index contributed by atoms with van der Waals surface area (Å²) in [5.41, 5.74) is 8.84. The smallest absolute Gasteiger partial charge is 0.0732 e. The first-order valence-electron chi connectivity index (χ1n) is 11.5. The zero-order chi connectivity index (χ0) is 20.6. The lowest BCUT2D eigenvalue weighted by molar-refractivity contribution is 0.831. The fourth-order valence-corrected chi connectivity index (χ4v) is 5.05. The van der Waals surface area contributed by atoms with E-state index >= 15 is 0 Å². The Labute approximate surface area is 195 Å². The van der Waals surface area contributed by atoms with Crippen LogP contribution in [0, 0.1) is 0 Å². The second-order valence-electron chi connectivity index (χ2n) is 8.88. The molecule has 0 bridgehead atoms. The molecule has 0 N–H and O–H groups in total. The summed E-state index contributed by atoms with van der Waals surface area (Å²) in [6, 6.07) is 17.7. The first-order valence-corrected chi connectivity index (χ1v) is 11.5. The summed E-state index contributed by atoms with van der Waals surface area (Å²) >= 11 is 0. The monoisotopic (exact) mass is 438 g/mol. The molecule has 1 saturated carbocycles. The topological polar surface area (TPSA) is 25.8 Å². The van der Waals surface area contributed by atoms with E-state index in [1.165, 1.54) is 60.4 Å². The molecule has 0 spiro atoms. The highest BCUT2D eigenvalue weighted by molar-refractivity contribution is 5.94. The number of benzene rings is 2. The predicted molar refractivity (Wildman–Crippen MR) is 136 cm³/mol. The van der Waals surface area contributed by atoms with Crippen molar-refractivity contribution in [1.29, 1.82) is 0 Å². The van der Waals surface area contributed by atoms with Crippen molar-refractivity contribution in [3.63, 3.8) is 0 Å². The summed E-state index contributed by atoms with van der Waals surface area (Å²) in [7, 11) is 0. The lowest BCUT2D eigenvalue weighted by Gasteiger charge is -2.25. The first kappa shape index (κ1) is 20.9. The normalized spacial score (nSPS) is 16.6. The van der Waals surface area contributed by atoms with Gasteiger partial charge < -0.3 is 0 Å². The minimum atomic E-state index is 0. The molecule has 2 nitrogen and oxygen atoms in total. The van der Waals surface area contributed by atoms with Gasteiger partial charge >= 0.3 is 0 Å². The van der Waals surface area contributed by atoms with Gasteiger partial charge in [0.05, 0.1) is 5.52 Å². The molecule has 0 amide bonds. The first-order chi connectivity index (χ1) is 15.4. The third-order valence-electron chi connectivity index (χ3n) is 6.85. The number of aromatic nitrogens is 2. The second-order valence-corrected chi connectivity index (χ2v) is 8.88. The molecule has 3 heteroatoms. The van der Waals surface area contributed by atoms with Crippen LogP contribution < -0.4 is 0 Å². The van der Waals surface area contributed by atoms with Gasteiger partial charge in [0.15, 0.2) is 0 Å². The highest BCUT2D eigenvalue weighted by Gasteiger charge is 2.24. The Bertz CT molecular complexity index is 1280. The molecule has 4 aromatic rings. The van der Waals surface area contributed by atoms with E-state index in [1.54, 1.807) is 29.1 Å². The molecule has 0 atom stereocenters. The largest absolute Gasteiger partial charge is 0.264 e. The van der Waals surface area contributed by atoms with Gasteiger partial charge in [0.25, 0.3) is 0 Å². The molecule has 2 aromatic carbocycles. The summed E-state index contributed by atoms with van der Waals surface area (Å²) in [5, 5.41) is 4.02. The summed E-state index contributed by atoms with van der Waals surface area (Å²) in [4.78, 5) is 8.11. The number of aryl methyl sites for hydroxylation is 1. The number of rotatable bonds is 1. The summed E-state index contributed by atoms with van der Waals surface area (Å²) in [5.74, 6) is 0.848. The van der Waals surface area contributed by atoms with E-state index < -0.39 is 0 Å². The number of pyridine rings is 2. The SMILES string of the molecule is C1=CC2=C(CC1)CCc1c2ccc2cc(C3CC3)ccc12.Cl.c1cnc2ccncc2c1. The Balaban J connectivity index is 0.000000166. The van der Waals surface area contributed by atoms with Crippen molar-refractivity contribution in [3.05, 3.63) is 102 Å². The Kier molecular flexibility index (Phi) is 5.80. The van der Waals surface area contributed by atoms with Gasteiger partial charge in [-0.1, -0.05) is 48.1 Å². The molecular formula is C29H27ClN2. The quantitative estimate of drug-likeness (QED) is 0.302. The third-order valence-corrected chi connectivity index (χ3v) is 6.85. The van der Waals surface area contributed by atoms with E-state index in [2.05, 4.69) is 52.5 Å². The van der Waals surface area contributed by atoms with Gasteiger partial charge in [-0.05, 0) is 95.7 Å². The van der Waals surface area contributed by atoms with Crippen LogP contribution in [-0.4, -0.2) is 9.97 Å². The fraction of sp³-hybridized carbons (Fsp3) is 0.241. The molecule has 3 aliphatic carbocycles. The van der Waals surface area contributed by atoms with Crippen molar-refractivity contribution in [2.24, 2.45) is 0 Å². The number of hydrogen-bond acceptors (Lipinski definition) is 2. The minimum Gasteiger partial charge on any atom is -0.264 e. The van der Waals surface area contributed by atoms with Crippen LogP contribution in [0.3, 0.4) is 0 Å². The predicted octanol–water partition coefficient (Wildman–Crippen LogP) is 7.82. The molecule has 160 valence electrons. The van der Waals surface area contributed by atoms with Crippen molar-refractivity contribution in [2.45, 2.75) is 44.4 Å². The molecule has 2 heterocycles. The number of nitrogens with zero attached hydrogens (tertiary/aromatic N) is 2. The van der Waals surface area contributed by atoms with Crippen molar-refractivity contribution in [2.75, 3.05) is 0 Å². The molecule has 2 aromatic heterocycles. The molecule has 0 radical (unpaired) electrons. The summed E-state index contributed by atoms with van der Waals surface area (Å²) < 4.78 is 0. The standard InChI is InChI=1S/C21H20.C8H6N2.ClH/c1-2-4-18-15(3-1)7-11-21-19-10-8-16(14-5-6-14)13-17(19)9-12-20(18)21;1-2-7-6-9-5-3-8(7)10-4-1;/h2,4,8-10,12-14H,1,3,5-7,11H2;1-6H;1H. The van der Waals surface area contributed by atoms with Crippen molar-refractivity contribution < 1.29 is 0 Å². The maximum Gasteiger partial charge on any atom is 0.0732 e. The second kappa shape index (κ2) is 8.88. The Morgan fingerprint density at radius 1 is 0.844 bits per heavy atom. The van der Waals surface area contributed by atoms with Crippen LogP contribution in [0.1, 0.15) is 54.7 Å². The Morgan fingerprint density at radius 2 is 1.78 bits per heavy atom. The third kappa shape index (κ3) is 3.96. The van der Waals surface area contributed by atoms with Gasteiger partial charge in [-0.2, -0.15) is 0 Å². The van der Waals surface area contributed by atoms with E-state index in [0.29, 0.717) is 0 Å². The van der Waals surface area contributed by atoms with Crippen LogP contribution in [0.2, 0.25) is 0 Å². The summed E-state index contributed by atoms with van der Waals surface area (Å²) in [6.07, 6.45) is 17.8. The number of hydrogen-bond donors (Lipinski definition) is 0. The summed E-state index contributed by atoms with van der Waals surface area (Å²) in [6.45, 7) is 0. The average molecular weight is 439 g/mol. The maximum atomic E-state index is 4.14. The number of fused-ring (bicyclic) bond motifs is 5. The maximum absolute atomic E-state index is 4.14. The zero-order valence-corrected chi connectivity index (χ0v) is 18.9. The van der Waals surface area contributed by atoms with E-state index in [9.17, 15) is 0 Å². The van der Waals surface area contributed by atoms with Gasteiger partial charge in [0, 0.05) is 24.0 Å². The molecule has 0 unspecified atom stereocenters. The van der Waals surface area contributed by atoms with E-state index in [4.69, 9.17) is 0 Å². The lowest BCUT2D eigenvalue weighted by Crippen LogP contribution is -2.07. The highest BCUT2D eigenvalue weighted by Crippen LogP contribution is 2.43. The van der Waals surface area contributed by atoms with Crippen LogP contribution in [0.15, 0.2) is 84.8 Å². The number of halogens is 1. The lowest BCUT2D eigenvalue weighted by atomic mass is 9.79. The van der Waals surface area contributed by atoms with E-state index in [-0.39, 0.29) is 12.4 Å². The van der Waals surface area contributed by atoms with Gasteiger partial charge in [0.1, 0.15) is 0 Å². The molecule has 7 rings (SSSR count). The van der Waals surface area contributed by atoms with Crippen molar-refractivity contribution in [1.82, 2.24) is 9.97 Å². The van der Waals surface area contributed by atoms with Gasteiger partial charge in [-0.25, -0.2) is 0 Å². The highest BCUT2D eigenvalue weighted by atomic mass is 35.5. The van der Waals surface area contributed by atoms with Crippen LogP contribution in [0.4, 0.5) is 0 Å². The average Bonchev–Trinajstić information content (AvgIpc) is 3.69. The van der Waals surface area contributed by atoms with Crippen molar-refractivity contribution in [3.8, 4) is 0 Å². The van der Waals surface area contributed by atoms with E-state index in [0.717, 1.165) is 16.8 Å². The van der Waals surface area contributed by atoms with E-state index in [1.807, 2.05) is 24.4 Å². The molecule has 3 aliphatic rings. The molecular weight excluding hydrogens is 412 g/mol. The van der Waals surface area contributed by atoms with Gasteiger partial charge in [0.2, 0.25) is 0 Å². The zero-order valence-electron chi connectivity index (χ0n) is 18.1. The fourth-order valence-electron chi connectivity index (χ4n) is 5.05. The number of allylic oxidation sites excluding steroid dienone is 4. The minimum absolute atomic E-state index is 0. The van der Waals surface area contributed by atoms with Crippen LogP contribution >= 0.6 is 12.4 Å². The van der Waals surface area contributed by atoms with Gasteiger partial charge in [-0.15, -0.1) is 12.4 Å². The van der Waals surface area contributed by atoms with Crippen LogP contribution in [-0.2, 0) is 6.42 Å². The Hall–Kier alpha value is -2.97.